The monoisotopic (exact) mass is 331 g/mol. The minimum atomic E-state index is -0.354. The third-order valence-corrected chi connectivity index (χ3v) is 3.59. The van der Waals surface area contributed by atoms with Crippen molar-refractivity contribution < 1.29 is 14.0 Å². The molecule has 0 fully saturated rings. The van der Waals surface area contributed by atoms with Crippen LogP contribution in [0.1, 0.15) is 10.5 Å². The number of carbonyl (C=O) groups is 1. The molecule has 0 atom stereocenters. The van der Waals surface area contributed by atoms with Crippen molar-refractivity contribution in [3.05, 3.63) is 59.4 Å². The van der Waals surface area contributed by atoms with E-state index in [0.29, 0.717) is 16.5 Å². The lowest BCUT2D eigenvalue weighted by molar-refractivity contribution is -0.0760. The Morgan fingerprint density at radius 3 is 2.65 bits per heavy atom. The van der Waals surface area contributed by atoms with Gasteiger partial charge in [-0.3, -0.25) is 9.63 Å². The number of hydroxylamine groups is 2. The molecule has 0 unspecified atom stereocenters. The zero-order valence-corrected chi connectivity index (χ0v) is 13.3. The Morgan fingerprint density at radius 1 is 1.30 bits per heavy atom. The molecular weight excluding hydrogens is 318 g/mol. The lowest BCUT2D eigenvalue weighted by Crippen LogP contribution is -2.25. The summed E-state index contributed by atoms with van der Waals surface area (Å²) in [4.78, 5) is 17.2. The molecule has 0 radical (unpaired) electrons. The fourth-order valence-electron chi connectivity index (χ4n) is 2.11. The van der Waals surface area contributed by atoms with Gasteiger partial charge >= 0.3 is 0 Å². The molecule has 0 saturated carbocycles. The Kier molecular flexibility index (Phi) is 4.18. The van der Waals surface area contributed by atoms with Gasteiger partial charge in [0, 0.05) is 18.1 Å². The van der Waals surface area contributed by atoms with E-state index in [9.17, 15) is 4.79 Å². The van der Waals surface area contributed by atoms with Crippen molar-refractivity contribution in [3.63, 3.8) is 0 Å². The van der Waals surface area contributed by atoms with E-state index in [0.717, 1.165) is 10.8 Å². The van der Waals surface area contributed by atoms with E-state index in [4.69, 9.17) is 20.9 Å². The molecule has 1 amide bonds. The van der Waals surface area contributed by atoms with Crippen LogP contribution in [0.3, 0.4) is 0 Å². The molecule has 0 aliphatic carbocycles. The molecule has 2 aromatic heterocycles. The summed E-state index contributed by atoms with van der Waals surface area (Å²) in [5.41, 5.74) is 1.67. The number of carbonyl (C=O) groups excluding carboxylic acids is 1. The molecule has 0 bridgehead atoms. The van der Waals surface area contributed by atoms with Crippen molar-refractivity contribution in [1.82, 2.24) is 14.8 Å². The Balaban J connectivity index is 2.11. The van der Waals surface area contributed by atoms with Crippen LogP contribution in [0, 0.1) is 0 Å². The second-order valence-electron chi connectivity index (χ2n) is 4.77. The molecule has 118 valence electrons. The molecule has 3 aromatic rings. The van der Waals surface area contributed by atoms with E-state index in [2.05, 4.69) is 5.10 Å². The Morgan fingerprint density at radius 2 is 2.04 bits per heavy atom. The first-order valence-corrected chi connectivity index (χ1v) is 7.20. The van der Waals surface area contributed by atoms with Crippen LogP contribution in [0.25, 0.3) is 17.1 Å². The number of aromatic nitrogens is 2. The number of hydrogen-bond donors (Lipinski definition) is 0. The first-order chi connectivity index (χ1) is 11.1. The molecular formula is C16H14ClN3O3. The minimum absolute atomic E-state index is 0.246. The molecule has 7 heteroatoms. The van der Waals surface area contributed by atoms with Gasteiger partial charge in [0.2, 0.25) is 0 Å². The van der Waals surface area contributed by atoms with Crippen LogP contribution in [0.5, 0.6) is 0 Å². The number of nitrogens with zero attached hydrogens (tertiary/aromatic N) is 3. The summed E-state index contributed by atoms with van der Waals surface area (Å²) in [6.45, 7) is 0. The summed E-state index contributed by atoms with van der Waals surface area (Å²) in [6, 6.07) is 12.4. The van der Waals surface area contributed by atoms with Crippen molar-refractivity contribution in [3.8, 4) is 17.1 Å². The zero-order valence-electron chi connectivity index (χ0n) is 12.6. The third kappa shape index (κ3) is 2.99. The quantitative estimate of drug-likeness (QED) is 0.687. The summed E-state index contributed by atoms with van der Waals surface area (Å²) in [5, 5.41) is 6.11. The molecule has 0 spiro atoms. The lowest BCUT2D eigenvalue weighted by atomic mass is 10.2. The largest absolute Gasteiger partial charge is 0.463 e. The summed E-state index contributed by atoms with van der Waals surface area (Å²) in [5.74, 6) is 0.250. The Labute approximate surface area is 137 Å². The van der Waals surface area contributed by atoms with Gasteiger partial charge in [-0.25, -0.2) is 9.75 Å². The molecule has 6 nitrogen and oxygen atoms in total. The Bertz CT molecular complexity index is 810. The van der Waals surface area contributed by atoms with E-state index < -0.39 is 0 Å². The van der Waals surface area contributed by atoms with Gasteiger partial charge in [-0.15, -0.1) is 0 Å². The summed E-state index contributed by atoms with van der Waals surface area (Å²) in [6.07, 6.45) is 1.57. The van der Waals surface area contributed by atoms with E-state index in [1.807, 2.05) is 12.1 Å². The highest BCUT2D eigenvalue weighted by Gasteiger charge is 2.20. The second kappa shape index (κ2) is 6.28. The highest BCUT2D eigenvalue weighted by atomic mass is 35.5. The third-order valence-electron chi connectivity index (χ3n) is 3.33. The molecule has 0 aliphatic rings. The van der Waals surface area contributed by atoms with Crippen LogP contribution in [0.4, 0.5) is 0 Å². The maximum Gasteiger partial charge on any atom is 0.297 e. The van der Waals surface area contributed by atoms with Crippen LogP contribution >= 0.6 is 11.6 Å². The highest BCUT2D eigenvalue weighted by molar-refractivity contribution is 6.30. The van der Waals surface area contributed by atoms with Crippen LogP contribution in [0.15, 0.2) is 53.1 Å². The maximum absolute atomic E-state index is 12.3. The van der Waals surface area contributed by atoms with E-state index in [-0.39, 0.29) is 11.6 Å². The number of rotatable bonds is 4. The summed E-state index contributed by atoms with van der Waals surface area (Å²) in [7, 11) is 2.94. The fourth-order valence-corrected chi connectivity index (χ4v) is 2.23. The smallest absolute Gasteiger partial charge is 0.297 e. The average molecular weight is 332 g/mol. The van der Waals surface area contributed by atoms with Crippen LogP contribution in [-0.2, 0) is 4.84 Å². The zero-order chi connectivity index (χ0) is 16.4. The standard InChI is InChI=1S/C16H14ClN3O3/c1-19(22-2)16(21)13-10-14(15-4-3-9-23-15)20(18-13)12-7-5-11(17)6-8-12/h3-10H,1-2H3. The number of furan rings is 1. The normalized spacial score (nSPS) is 10.7. The van der Waals surface area contributed by atoms with Gasteiger partial charge in [0.1, 0.15) is 5.69 Å². The predicted octanol–water partition coefficient (Wildman–Crippen LogP) is 3.42. The second-order valence-corrected chi connectivity index (χ2v) is 5.20. The fraction of sp³-hybridized carbons (Fsp3) is 0.125. The number of halogens is 1. The number of benzene rings is 1. The van der Waals surface area contributed by atoms with Crippen molar-refractivity contribution in [2.75, 3.05) is 14.2 Å². The molecule has 23 heavy (non-hydrogen) atoms. The van der Waals surface area contributed by atoms with E-state index in [1.165, 1.54) is 14.2 Å². The molecule has 0 saturated heterocycles. The van der Waals surface area contributed by atoms with E-state index >= 15 is 0 Å². The van der Waals surface area contributed by atoms with Gasteiger partial charge in [-0.2, -0.15) is 5.10 Å². The van der Waals surface area contributed by atoms with Crippen molar-refractivity contribution in [2.24, 2.45) is 0 Å². The Hall–Kier alpha value is -2.57. The van der Waals surface area contributed by atoms with Crippen LogP contribution < -0.4 is 0 Å². The van der Waals surface area contributed by atoms with Gasteiger partial charge in [0.15, 0.2) is 11.5 Å². The van der Waals surface area contributed by atoms with Gasteiger partial charge < -0.3 is 4.42 Å². The molecule has 2 heterocycles. The molecule has 1 aromatic carbocycles. The number of amides is 1. The van der Waals surface area contributed by atoms with Gasteiger partial charge in [-0.05, 0) is 36.4 Å². The van der Waals surface area contributed by atoms with Gasteiger partial charge in [-0.1, -0.05) is 11.6 Å². The molecule has 0 N–H and O–H groups in total. The molecule has 0 aliphatic heterocycles. The molecule has 3 rings (SSSR count). The SMILES string of the molecule is CON(C)C(=O)c1cc(-c2ccco2)n(-c2ccc(Cl)cc2)n1. The van der Waals surface area contributed by atoms with Crippen LogP contribution in [0.2, 0.25) is 5.02 Å². The van der Waals surface area contributed by atoms with Gasteiger partial charge in [0.25, 0.3) is 5.91 Å². The highest BCUT2D eigenvalue weighted by Crippen LogP contribution is 2.25. The first kappa shape index (κ1) is 15.3. The van der Waals surface area contributed by atoms with Crippen molar-refractivity contribution in [2.45, 2.75) is 0 Å². The average Bonchev–Trinajstić information content (AvgIpc) is 3.23. The first-order valence-electron chi connectivity index (χ1n) is 6.82. The lowest BCUT2D eigenvalue weighted by Gasteiger charge is -2.11. The van der Waals surface area contributed by atoms with Crippen molar-refractivity contribution >= 4 is 17.5 Å². The predicted molar refractivity (Wildman–Crippen MR) is 85.4 cm³/mol. The minimum Gasteiger partial charge on any atom is -0.463 e. The van der Waals surface area contributed by atoms with E-state index in [1.54, 1.807) is 41.3 Å². The van der Waals surface area contributed by atoms with Crippen molar-refractivity contribution in [1.29, 1.82) is 0 Å². The number of hydrogen-bond acceptors (Lipinski definition) is 4. The van der Waals surface area contributed by atoms with Gasteiger partial charge in [0.05, 0.1) is 19.1 Å². The maximum atomic E-state index is 12.3. The summed E-state index contributed by atoms with van der Waals surface area (Å²) >= 11 is 5.93. The summed E-state index contributed by atoms with van der Waals surface area (Å²) < 4.78 is 7.07. The topological polar surface area (TPSA) is 60.5 Å². The van der Waals surface area contributed by atoms with Crippen LogP contribution in [-0.4, -0.2) is 34.9 Å².